The Morgan fingerprint density at radius 3 is 1.00 bits per heavy atom. The zero-order valence-electron chi connectivity index (χ0n) is 5.46. The van der Waals surface area contributed by atoms with Gasteiger partial charge in [-0.2, -0.15) is 0 Å². The van der Waals surface area contributed by atoms with Crippen molar-refractivity contribution in [2.75, 3.05) is 0 Å². The third-order valence-electron chi connectivity index (χ3n) is 0.698. The first kappa shape index (κ1) is 15.7. The summed E-state index contributed by atoms with van der Waals surface area (Å²) in [5.74, 6) is 0. The standard InChI is InChI=1S/C4H10O2.2H3N/c1-3(5)4(2)6;;/h3-6H,1-2H3;2*1H3. The molecule has 0 aromatic carbocycles. The van der Waals surface area contributed by atoms with Gasteiger partial charge in [0, 0.05) is 0 Å². The maximum absolute atomic E-state index is 8.38. The molecule has 0 aliphatic carbocycles. The highest BCUT2D eigenvalue weighted by molar-refractivity contribution is 4.50. The predicted molar refractivity (Wildman–Crippen MR) is 33.4 cm³/mol. The Bertz CT molecular complexity index is 33.0. The average molecular weight is 124 g/mol. The average Bonchev–Trinajstić information content (AvgIpc) is 1.36. The minimum absolute atomic E-state index is 0. The highest BCUT2D eigenvalue weighted by Crippen LogP contribution is 1.85. The van der Waals surface area contributed by atoms with Crippen LogP contribution >= 0.6 is 0 Å². The monoisotopic (exact) mass is 124 g/mol. The van der Waals surface area contributed by atoms with Gasteiger partial charge in [0.25, 0.3) is 0 Å². The molecule has 0 saturated carbocycles. The van der Waals surface area contributed by atoms with Crippen molar-refractivity contribution in [3.05, 3.63) is 0 Å². The number of aliphatic hydroxyl groups excluding tert-OH is 2. The molecule has 4 heteroatoms. The van der Waals surface area contributed by atoms with Crippen LogP contribution in [0.3, 0.4) is 0 Å². The van der Waals surface area contributed by atoms with Gasteiger partial charge in [0.2, 0.25) is 0 Å². The van der Waals surface area contributed by atoms with Gasteiger partial charge >= 0.3 is 0 Å². The third-order valence-corrected chi connectivity index (χ3v) is 0.698. The minimum atomic E-state index is -0.593. The van der Waals surface area contributed by atoms with Crippen LogP contribution in [0, 0.1) is 0 Å². The zero-order valence-corrected chi connectivity index (χ0v) is 5.46. The van der Waals surface area contributed by atoms with E-state index in [2.05, 4.69) is 0 Å². The summed E-state index contributed by atoms with van der Waals surface area (Å²) in [6, 6.07) is 0. The second-order valence-corrected chi connectivity index (χ2v) is 1.48. The van der Waals surface area contributed by atoms with Crippen molar-refractivity contribution in [2.24, 2.45) is 0 Å². The molecule has 0 spiro atoms. The van der Waals surface area contributed by atoms with Crippen LogP contribution in [-0.2, 0) is 0 Å². The van der Waals surface area contributed by atoms with E-state index in [0.717, 1.165) is 0 Å². The molecule has 0 aromatic heterocycles. The summed E-state index contributed by atoms with van der Waals surface area (Å²) in [5, 5.41) is 16.8. The van der Waals surface area contributed by atoms with Crippen molar-refractivity contribution in [3.8, 4) is 0 Å². The van der Waals surface area contributed by atoms with Crippen molar-refractivity contribution < 1.29 is 10.2 Å². The molecular weight excluding hydrogens is 108 g/mol. The van der Waals surface area contributed by atoms with Gasteiger partial charge in [-0.1, -0.05) is 0 Å². The first-order valence-electron chi connectivity index (χ1n) is 2.00. The maximum Gasteiger partial charge on any atom is 0.0768 e. The Morgan fingerprint density at radius 1 is 0.875 bits per heavy atom. The van der Waals surface area contributed by atoms with Crippen molar-refractivity contribution >= 4 is 0 Å². The van der Waals surface area contributed by atoms with Gasteiger partial charge in [0.15, 0.2) is 0 Å². The molecule has 54 valence electrons. The van der Waals surface area contributed by atoms with Crippen LogP contribution in [0.1, 0.15) is 13.8 Å². The largest absolute Gasteiger partial charge is 0.391 e. The molecule has 0 heterocycles. The second kappa shape index (κ2) is 6.84. The van der Waals surface area contributed by atoms with Crippen molar-refractivity contribution in [2.45, 2.75) is 26.1 Å². The molecule has 2 atom stereocenters. The van der Waals surface area contributed by atoms with Crippen LogP contribution in [0.4, 0.5) is 0 Å². The molecule has 4 nitrogen and oxygen atoms in total. The van der Waals surface area contributed by atoms with E-state index in [-0.39, 0.29) is 12.3 Å². The van der Waals surface area contributed by atoms with Gasteiger partial charge in [-0.25, -0.2) is 0 Å². The smallest absolute Gasteiger partial charge is 0.0768 e. The van der Waals surface area contributed by atoms with E-state index < -0.39 is 12.2 Å². The molecule has 0 amide bonds. The van der Waals surface area contributed by atoms with Gasteiger partial charge < -0.3 is 22.5 Å². The molecular formula is C4H16N2O2. The molecule has 0 saturated heterocycles. The Kier molecular flexibility index (Phi) is 13.4. The topological polar surface area (TPSA) is 110 Å². The molecule has 2 unspecified atom stereocenters. The van der Waals surface area contributed by atoms with E-state index in [0.29, 0.717) is 0 Å². The number of hydrogen-bond acceptors (Lipinski definition) is 4. The van der Waals surface area contributed by atoms with E-state index in [1.165, 1.54) is 0 Å². The first-order valence-corrected chi connectivity index (χ1v) is 2.00. The lowest BCUT2D eigenvalue weighted by atomic mass is 10.3. The van der Waals surface area contributed by atoms with E-state index in [9.17, 15) is 0 Å². The molecule has 0 aliphatic rings. The Labute approximate surface area is 49.7 Å². The lowest BCUT2D eigenvalue weighted by molar-refractivity contribution is 0.0438. The SMILES string of the molecule is CC(O)C(C)O.N.N. The van der Waals surface area contributed by atoms with Crippen LogP contribution in [0.25, 0.3) is 0 Å². The number of rotatable bonds is 1. The highest BCUT2D eigenvalue weighted by Gasteiger charge is 1.99. The fraction of sp³-hybridized carbons (Fsp3) is 1.00. The molecule has 8 N–H and O–H groups in total. The fourth-order valence-electron chi connectivity index (χ4n) is 0. The fourth-order valence-corrected chi connectivity index (χ4v) is 0. The molecule has 0 aromatic rings. The molecule has 0 fully saturated rings. The summed E-state index contributed by atoms with van der Waals surface area (Å²) in [6.07, 6.45) is -1.19. The molecule has 0 radical (unpaired) electrons. The summed E-state index contributed by atoms with van der Waals surface area (Å²) >= 11 is 0. The van der Waals surface area contributed by atoms with Gasteiger partial charge in [-0.05, 0) is 13.8 Å². The lowest BCUT2D eigenvalue weighted by Gasteiger charge is -2.03. The van der Waals surface area contributed by atoms with Crippen LogP contribution < -0.4 is 12.3 Å². The minimum Gasteiger partial charge on any atom is -0.391 e. The van der Waals surface area contributed by atoms with Crippen molar-refractivity contribution in [1.82, 2.24) is 12.3 Å². The van der Waals surface area contributed by atoms with Crippen LogP contribution in [-0.4, -0.2) is 22.4 Å². The van der Waals surface area contributed by atoms with Gasteiger partial charge in [0.05, 0.1) is 12.2 Å². The second-order valence-electron chi connectivity index (χ2n) is 1.48. The van der Waals surface area contributed by atoms with Crippen LogP contribution in [0.5, 0.6) is 0 Å². The van der Waals surface area contributed by atoms with E-state index in [4.69, 9.17) is 10.2 Å². The summed E-state index contributed by atoms with van der Waals surface area (Å²) in [5.41, 5.74) is 0. The summed E-state index contributed by atoms with van der Waals surface area (Å²) < 4.78 is 0. The van der Waals surface area contributed by atoms with Crippen LogP contribution in [0.2, 0.25) is 0 Å². The Morgan fingerprint density at radius 2 is 1.00 bits per heavy atom. The van der Waals surface area contributed by atoms with Crippen molar-refractivity contribution in [1.29, 1.82) is 0 Å². The normalized spacial score (nSPS) is 15.0. The highest BCUT2D eigenvalue weighted by atomic mass is 16.3. The third kappa shape index (κ3) is 9.28. The molecule has 8 heavy (non-hydrogen) atoms. The number of aliphatic hydroxyl groups is 2. The van der Waals surface area contributed by atoms with E-state index in [1.807, 2.05) is 0 Å². The molecule has 0 bridgehead atoms. The Balaban J connectivity index is -0.000000125. The summed E-state index contributed by atoms with van der Waals surface area (Å²) in [7, 11) is 0. The first-order chi connectivity index (χ1) is 2.64. The summed E-state index contributed by atoms with van der Waals surface area (Å²) in [4.78, 5) is 0. The Hall–Kier alpha value is -0.160. The van der Waals surface area contributed by atoms with Gasteiger partial charge in [0.1, 0.15) is 0 Å². The van der Waals surface area contributed by atoms with Crippen molar-refractivity contribution in [3.63, 3.8) is 0 Å². The predicted octanol–water partition coefficient (Wildman–Crippen LogP) is 0.0720. The van der Waals surface area contributed by atoms with Gasteiger partial charge in [-0.15, -0.1) is 0 Å². The summed E-state index contributed by atoms with van der Waals surface area (Å²) in [6.45, 7) is 3.09. The number of hydrogen-bond donors (Lipinski definition) is 4. The quantitative estimate of drug-likeness (QED) is 0.396. The van der Waals surface area contributed by atoms with Gasteiger partial charge in [-0.3, -0.25) is 0 Å². The van der Waals surface area contributed by atoms with Crippen LogP contribution in [0.15, 0.2) is 0 Å². The molecule has 0 aliphatic heterocycles. The van der Waals surface area contributed by atoms with E-state index >= 15 is 0 Å². The lowest BCUT2D eigenvalue weighted by Crippen LogP contribution is -2.17. The zero-order chi connectivity index (χ0) is 5.15. The van der Waals surface area contributed by atoms with E-state index in [1.54, 1.807) is 13.8 Å². The maximum atomic E-state index is 8.38. The molecule has 0 rings (SSSR count).